The van der Waals surface area contributed by atoms with Gasteiger partial charge in [-0.1, -0.05) is 0 Å². The molecule has 0 aromatic heterocycles. The standard InChI is InChI=1S/C18H12AsN3O6S3/c23-20(24)13-1-7-16(8-2-13)29-19(30-17-9-3-14(4-10-17)21(25)26)31-18-11-5-15(6-12-18)22(27)28/h1-12H. The van der Waals surface area contributed by atoms with Crippen molar-refractivity contribution in [3.05, 3.63) is 103 Å². The van der Waals surface area contributed by atoms with E-state index in [0.717, 1.165) is 14.7 Å². The number of nitro groups is 3. The zero-order valence-electron chi connectivity index (χ0n) is 15.4. The van der Waals surface area contributed by atoms with E-state index in [2.05, 4.69) is 0 Å². The maximum absolute atomic E-state index is 10.9. The molecule has 31 heavy (non-hydrogen) atoms. The van der Waals surface area contributed by atoms with Crippen LogP contribution in [-0.4, -0.2) is 26.0 Å². The summed E-state index contributed by atoms with van der Waals surface area (Å²) in [6.45, 7) is 0. The third kappa shape index (κ3) is 6.73. The quantitative estimate of drug-likeness (QED) is 0.181. The van der Waals surface area contributed by atoms with Crippen LogP contribution in [-0.2, 0) is 0 Å². The van der Waals surface area contributed by atoms with Gasteiger partial charge in [-0.2, -0.15) is 0 Å². The van der Waals surface area contributed by atoms with Crippen molar-refractivity contribution in [3.63, 3.8) is 0 Å². The molecule has 0 radical (unpaired) electrons. The molecule has 0 saturated carbocycles. The number of non-ortho nitro benzene ring substituents is 3. The molecule has 0 unspecified atom stereocenters. The van der Waals surface area contributed by atoms with Crippen LogP contribution in [0.5, 0.6) is 0 Å². The van der Waals surface area contributed by atoms with Gasteiger partial charge in [-0.25, -0.2) is 0 Å². The monoisotopic (exact) mass is 537 g/mol. The number of hydrogen-bond acceptors (Lipinski definition) is 9. The first kappa shape index (κ1) is 23.1. The van der Waals surface area contributed by atoms with E-state index in [9.17, 15) is 30.3 Å². The fourth-order valence-corrected chi connectivity index (χ4v) is 19.6. The number of nitro benzene ring substituents is 3. The molecule has 3 aromatic rings. The Kier molecular flexibility index (Phi) is 7.96. The Morgan fingerprint density at radius 1 is 0.484 bits per heavy atom. The van der Waals surface area contributed by atoms with E-state index in [0.29, 0.717) is 0 Å². The second-order valence-electron chi connectivity index (χ2n) is 5.75. The Morgan fingerprint density at radius 2 is 0.710 bits per heavy atom. The molecule has 0 spiro atoms. The average molecular weight is 537 g/mol. The second-order valence-corrected chi connectivity index (χ2v) is 21.4. The molecule has 0 bridgehead atoms. The third-order valence-electron chi connectivity index (χ3n) is 3.68. The van der Waals surface area contributed by atoms with Crippen molar-refractivity contribution in [3.8, 4) is 0 Å². The van der Waals surface area contributed by atoms with Crippen LogP contribution >= 0.6 is 30.1 Å². The van der Waals surface area contributed by atoms with Gasteiger partial charge in [0.25, 0.3) is 0 Å². The van der Waals surface area contributed by atoms with E-state index in [1.807, 2.05) is 0 Å². The van der Waals surface area contributed by atoms with Crippen LogP contribution in [0.4, 0.5) is 17.1 Å². The Morgan fingerprint density at radius 3 is 0.903 bits per heavy atom. The van der Waals surface area contributed by atoms with Crippen molar-refractivity contribution >= 4 is 58.3 Å². The molecule has 0 N–H and O–H groups in total. The van der Waals surface area contributed by atoms with Gasteiger partial charge in [-0.15, -0.1) is 0 Å². The molecule has 0 aliphatic rings. The third-order valence-corrected chi connectivity index (χ3v) is 19.3. The van der Waals surface area contributed by atoms with Gasteiger partial charge in [0.05, 0.1) is 0 Å². The molecule has 13 heteroatoms. The van der Waals surface area contributed by atoms with Gasteiger partial charge in [0.2, 0.25) is 0 Å². The average Bonchev–Trinajstić information content (AvgIpc) is 2.75. The van der Waals surface area contributed by atoms with E-state index in [4.69, 9.17) is 0 Å². The van der Waals surface area contributed by atoms with Gasteiger partial charge in [0.15, 0.2) is 0 Å². The minimum atomic E-state index is -1.88. The molecular formula is C18H12AsN3O6S3. The molecule has 0 heterocycles. The SMILES string of the molecule is O=[N+]([O-])c1ccc(S[As](Sc2ccc([N+](=O)[O-])cc2)Sc2ccc([N+](=O)[O-])cc2)cc1. The van der Waals surface area contributed by atoms with Crippen molar-refractivity contribution in [1.82, 2.24) is 0 Å². The number of nitrogens with zero attached hydrogens (tertiary/aromatic N) is 3. The van der Waals surface area contributed by atoms with Gasteiger partial charge in [-0.3, -0.25) is 0 Å². The molecule has 0 aliphatic carbocycles. The van der Waals surface area contributed by atoms with E-state index in [1.165, 1.54) is 36.4 Å². The van der Waals surface area contributed by atoms with Crippen LogP contribution in [0.1, 0.15) is 0 Å². The molecule has 0 amide bonds. The Labute approximate surface area is 190 Å². The van der Waals surface area contributed by atoms with Gasteiger partial charge >= 0.3 is 191 Å². The fraction of sp³-hybridized carbons (Fsp3) is 0. The van der Waals surface area contributed by atoms with Crippen molar-refractivity contribution in [2.24, 2.45) is 0 Å². The van der Waals surface area contributed by atoms with Crippen LogP contribution in [0.2, 0.25) is 0 Å². The van der Waals surface area contributed by atoms with E-state index < -0.39 is 26.0 Å². The summed E-state index contributed by atoms with van der Waals surface area (Å²) in [5.41, 5.74) is 0.0262. The van der Waals surface area contributed by atoms with Gasteiger partial charge in [0.1, 0.15) is 0 Å². The van der Waals surface area contributed by atoms with Crippen LogP contribution in [0.25, 0.3) is 0 Å². The van der Waals surface area contributed by atoms with Gasteiger partial charge in [0, 0.05) is 0 Å². The molecule has 9 nitrogen and oxygen atoms in total. The summed E-state index contributed by atoms with van der Waals surface area (Å²) in [6.07, 6.45) is 0. The van der Waals surface area contributed by atoms with Crippen molar-refractivity contribution in [2.75, 3.05) is 0 Å². The first-order valence-electron chi connectivity index (χ1n) is 8.39. The summed E-state index contributed by atoms with van der Waals surface area (Å²) >= 11 is -1.88. The fourth-order valence-electron chi connectivity index (χ4n) is 2.20. The van der Waals surface area contributed by atoms with Gasteiger partial charge in [-0.05, 0) is 0 Å². The molecule has 3 aromatic carbocycles. The van der Waals surface area contributed by atoms with Crippen LogP contribution in [0, 0.1) is 30.3 Å². The zero-order valence-corrected chi connectivity index (χ0v) is 19.7. The molecular weight excluding hydrogens is 525 g/mol. The summed E-state index contributed by atoms with van der Waals surface area (Å²) < 4.78 is 0. The van der Waals surface area contributed by atoms with Crippen molar-refractivity contribution in [2.45, 2.75) is 14.7 Å². The normalized spacial score (nSPS) is 10.7. The Balaban J connectivity index is 1.80. The van der Waals surface area contributed by atoms with E-state index in [1.54, 1.807) is 66.5 Å². The van der Waals surface area contributed by atoms with Gasteiger partial charge < -0.3 is 0 Å². The van der Waals surface area contributed by atoms with Crippen LogP contribution < -0.4 is 0 Å². The summed E-state index contributed by atoms with van der Waals surface area (Å²) in [6, 6.07) is 18.8. The van der Waals surface area contributed by atoms with Crippen LogP contribution in [0.3, 0.4) is 0 Å². The molecule has 0 aliphatic heterocycles. The second kappa shape index (κ2) is 10.7. The number of benzene rings is 3. The Hall–Kier alpha value is -2.53. The van der Waals surface area contributed by atoms with E-state index in [-0.39, 0.29) is 17.1 Å². The molecule has 158 valence electrons. The number of hydrogen-bond donors (Lipinski definition) is 0. The van der Waals surface area contributed by atoms with Crippen molar-refractivity contribution in [1.29, 1.82) is 0 Å². The van der Waals surface area contributed by atoms with E-state index >= 15 is 0 Å². The summed E-state index contributed by atoms with van der Waals surface area (Å²) in [5.74, 6) is 0. The topological polar surface area (TPSA) is 129 Å². The maximum atomic E-state index is 10.9. The molecule has 0 saturated heterocycles. The summed E-state index contributed by atoms with van der Waals surface area (Å²) in [4.78, 5) is 33.9. The summed E-state index contributed by atoms with van der Waals surface area (Å²) in [7, 11) is 4.80. The molecule has 0 fully saturated rings. The minimum absolute atomic E-state index is 0.00874. The van der Waals surface area contributed by atoms with Crippen LogP contribution in [0.15, 0.2) is 87.5 Å². The zero-order chi connectivity index (χ0) is 22.4. The Bertz CT molecular complexity index is 957. The molecule has 0 atom stereocenters. The first-order valence-corrected chi connectivity index (χ1v) is 17.6. The predicted molar refractivity (Wildman–Crippen MR) is 123 cm³/mol. The first-order chi connectivity index (χ1) is 14.8. The predicted octanol–water partition coefficient (Wildman–Crippen LogP) is 6.07. The summed E-state index contributed by atoms with van der Waals surface area (Å²) in [5, 5.41) is 32.6. The van der Waals surface area contributed by atoms with Crippen molar-refractivity contribution < 1.29 is 14.8 Å². The number of rotatable bonds is 9. The molecule has 3 rings (SSSR count).